The van der Waals surface area contributed by atoms with E-state index in [1.54, 1.807) is 29.6 Å². The van der Waals surface area contributed by atoms with E-state index in [0.717, 1.165) is 16.8 Å². The number of halogens is 1. The van der Waals surface area contributed by atoms with E-state index in [0.29, 0.717) is 5.75 Å². The summed E-state index contributed by atoms with van der Waals surface area (Å²) in [5.74, 6) is 1.51. The molecule has 0 aliphatic carbocycles. The van der Waals surface area contributed by atoms with Crippen molar-refractivity contribution < 1.29 is 4.74 Å². The number of hydrogen-bond donors (Lipinski definition) is 0. The molecule has 78 valence electrons. The van der Waals surface area contributed by atoms with Crippen LogP contribution in [0.4, 0.5) is 0 Å². The Morgan fingerprint density at radius 3 is 2.93 bits per heavy atom. The van der Waals surface area contributed by atoms with Crippen LogP contribution >= 0.6 is 27.7 Å². The minimum atomic E-state index is -0.0286. The van der Waals surface area contributed by atoms with Gasteiger partial charge in [-0.1, -0.05) is 0 Å². The molecular formula is C9H12BrNO2S. The summed E-state index contributed by atoms with van der Waals surface area (Å²) in [7, 11) is 1.55. The van der Waals surface area contributed by atoms with Gasteiger partial charge in [0.15, 0.2) is 0 Å². The van der Waals surface area contributed by atoms with Crippen molar-refractivity contribution in [2.24, 2.45) is 0 Å². The number of thioether (sulfide) groups is 1. The molecule has 1 rings (SSSR count). The summed E-state index contributed by atoms with van der Waals surface area (Å²) in [6.07, 6.45) is 3.78. The standard InChI is InChI=1S/C9H12BrNO2S/c1-13-8-5-9(12)11(3-4-14-2)6-7(8)10/h5-6H,3-4H2,1-2H3. The highest BCUT2D eigenvalue weighted by Crippen LogP contribution is 2.21. The Morgan fingerprint density at radius 2 is 2.36 bits per heavy atom. The van der Waals surface area contributed by atoms with Crippen molar-refractivity contribution >= 4 is 27.7 Å². The molecule has 0 fully saturated rings. The van der Waals surface area contributed by atoms with Crippen LogP contribution in [0.25, 0.3) is 0 Å². The zero-order chi connectivity index (χ0) is 10.6. The Kier molecular flexibility index (Phi) is 4.54. The third-order valence-electron chi connectivity index (χ3n) is 1.80. The molecule has 0 atom stereocenters. The Labute approximate surface area is 95.6 Å². The van der Waals surface area contributed by atoms with Gasteiger partial charge in [-0.05, 0) is 22.2 Å². The van der Waals surface area contributed by atoms with E-state index in [2.05, 4.69) is 15.9 Å². The SMILES string of the molecule is COc1cc(=O)n(CCSC)cc1Br. The Hall–Kier alpha value is -0.420. The number of nitrogens with zero attached hydrogens (tertiary/aromatic N) is 1. The van der Waals surface area contributed by atoms with E-state index in [4.69, 9.17) is 4.74 Å². The minimum absolute atomic E-state index is 0.0286. The van der Waals surface area contributed by atoms with Gasteiger partial charge < -0.3 is 9.30 Å². The first-order valence-electron chi connectivity index (χ1n) is 4.12. The molecule has 0 amide bonds. The molecule has 0 spiro atoms. The smallest absolute Gasteiger partial charge is 0.254 e. The quantitative estimate of drug-likeness (QED) is 0.844. The lowest BCUT2D eigenvalue weighted by Gasteiger charge is -2.07. The fourth-order valence-corrected chi connectivity index (χ4v) is 1.95. The maximum atomic E-state index is 11.5. The molecule has 0 bridgehead atoms. The van der Waals surface area contributed by atoms with Crippen molar-refractivity contribution in [3.63, 3.8) is 0 Å². The summed E-state index contributed by atoms with van der Waals surface area (Å²) >= 11 is 5.06. The van der Waals surface area contributed by atoms with Crippen LogP contribution in [0.15, 0.2) is 21.5 Å². The number of aryl methyl sites for hydroxylation is 1. The third-order valence-corrected chi connectivity index (χ3v) is 2.98. The molecule has 3 nitrogen and oxygen atoms in total. The molecule has 5 heteroatoms. The lowest BCUT2D eigenvalue weighted by molar-refractivity contribution is 0.409. The first kappa shape index (κ1) is 11.7. The first-order valence-corrected chi connectivity index (χ1v) is 6.30. The number of aromatic nitrogens is 1. The lowest BCUT2D eigenvalue weighted by Crippen LogP contribution is -2.20. The van der Waals surface area contributed by atoms with Gasteiger partial charge in [-0.15, -0.1) is 0 Å². The van der Waals surface area contributed by atoms with Crippen LogP contribution in [0.3, 0.4) is 0 Å². The van der Waals surface area contributed by atoms with Gasteiger partial charge in [0, 0.05) is 24.6 Å². The molecule has 0 unspecified atom stereocenters. The van der Waals surface area contributed by atoms with Gasteiger partial charge in [-0.3, -0.25) is 4.79 Å². The van der Waals surface area contributed by atoms with Crippen molar-refractivity contribution in [3.05, 3.63) is 27.1 Å². The zero-order valence-electron chi connectivity index (χ0n) is 8.12. The van der Waals surface area contributed by atoms with Crippen LogP contribution < -0.4 is 10.3 Å². The average Bonchev–Trinajstić information content (AvgIpc) is 2.18. The van der Waals surface area contributed by atoms with Gasteiger partial charge in [0.25, 0.3) is 5.56 Å². The molecule has 1 heterocycles. The van der Waals surface area contributed by atoms with Crippen molar-refractivity contribution in [3.8, 4) is 5.75 Å². The first-order chi connectivity index (χ1) is 6.69. The molecular weight excluding hydrogens is 266 g/mol. The van der Waals surface area contributed by atoms with Gasteiger partial charge in [0.1, 0.15) is 5.75 Å². The normalized spacial score (nSPS) is 10.2. The van der Waals surface area contributed by atoms with Gasteiger partial charge in [-0.25, -0.2) is 0 Å². The number of methoxy groups -OCH3 is 1. The van der Waals surface area contributed by atoms with Crippen LogP contribution in [0, 0.1) is 0 Å². The molecule has 0 saturated heterocycles. The van der Waals surface area contributed by atoms with Crippen LogP contribution in [0.2, 0.25) is 0 Å². The highest BCUT2D eigenvalue weighted by molar-refractivity contribution is 9.10. The predicted molar refractivity (Wildman–Crippen MR) is 63.3 cm³/mol. The summed E-state index contributed by atoms with van der Waals surface area (Å²) in [6, 6.07) is 1.49. The fourth-order valence-electron chi connectivity index (χ4n) is 1.05. The molecule has 1 aromatic rings. The number of pyridine rings is 1. The van der Waals surface area contributed by atoms with Crippen molar-refractivity contribution in [2.45, 2.75) is 6.54 Å². The van der Waals surface area contributed by atoms with Crippen LogP contribution in [0.1, 0.15) is 0 Å². The van der Waals surface area contributed by atoms with Crippen LogP contribution in [0.5, 0.6) is 5.75 Å². The largest absolute Gasteiger partial charge is 0.495 e. The molecule has 0 aliphatic heterocycles. The molecule has 1 aromatic heterocycles. The number of ether oxygens (including phenoxy) is 1. The maximum Gasteiger partial charge on any atom is 0.254 e. The fraction of sp³-hybridized carbons (Fsp3) is 0.444. The summed E-state index contributed by atoms with van der Waals surface area (Å²) in [6.45, 7) is 0.725. The van der Waals surface area contributed by atoms with Crippen molar-refractivity contribution in [1.29, 1.82) is 0 Å². The van der Waals surface area contributed by atoms with E-state index in [1.165, 1.54) is 6.07 Å². The Balaban J connectivity index is 2.97. The Morgan fingerprint density at radius 1 is 1.64 bits per heavy atom. The second-order valence-electron chi connectivity index (χ2n) is 2.71. The highest BCUT2D eigenvalue weighted by Gasteiger charge is 2.03. The molecule has 0 aromatic carbocycles. The molecule has 0 N–H and O–H groups in total. The average molecular weight is 278 g/mol. The maximum absolute atomic E-state index is 11.5. The lowest BCUT2D eigenvalue weighted by atomic mass is 10.4. The minimum Gasteiger partial charge on any atom is -0.495 e. The molecule has 0 saturated carbocycles. The predicted octanol–water partition coefficient (Wildman–Crippen LogP) is 1.98. The highest BCUT2D eigenvalue weighted by atomic mass is 79.9. The third kappa shape index (κ3) is 2.78. The summed E-state index contributed by atoms with van der Waals surface area (Å²) in [4.78, 5) is 11.5. The van der Waals surface area contributed by atoms with E-state index >= 15 is 0 Å². The Bertz CT molecular complexity index is 364. The van der Waals surface area contributed by atoms with Gasteiger partial charge in [-0.2, -0.15) is 11.8 Å². The number of hydrogen-bond acceptors (Lipinski definition) is 3. The topological polar surface area (TPSA) is 31.2 Å². The van der Waals surface area contributed by atoms with Gasteiger partial charge >= 0.3 is 0 Å². The molecule has 0 aliphatic rings. The second-order valence-corrected chi connectivity index (χ2v) is 4.55. The van der Waals surface area contributed by atoms with E-state index in [9.17, 15) is 4.79 Å². The summed E-state index contributed by atoms with van der Waals surface area (Å²) in [5.41, 5.74) is -0.0286. The zero-order valence-corrected chi connectivity index (χ0v) is 10.5. The van der Waals surface area contributed by atoms with Crippen molar-refractivity contribution in [1.82, 2.24) is 4.57 Å². The molecule has 14 heavy (non-hydrogen) atoms. The summed E-state index contributed by atoms with van der Waals surface area (Å²) in [5, 5.41) is 0. The number of rotatable bonds is 4. The van der Waals surface area contributed by atoms with E-state index < -0.39 is 0 Å². The van der Waals surface area contributed by atoms with Gasteiger partial charge in [0.2, 0.25) is 0 Å². The van der Waals surface area contributed by atoms with E-state index in [-0.39, 0.29) is 5.56 Å². The van der Waals surface area contributed by atoms with Crippen LogP contribution in [-0.2, 0) is 6.54 Å². The van der Waals surface area contributed by atoms with E-state index in [1.807, 2.05) is 6.26 Å². The molecule has 0 radical (unpaired) electrons. The van der Waals surface area contributed by atoms with Gasteiger partial charge in [0.05, 0.1) is 11.6 Å². The van der Waals surface area contributed by atoms with Crippen molar-refractivity contribution in [2.75, 3.05) is 19.1 Å². The monoisotopic (exact) mass is 277 g/mol. The van der Waals surface area contributed by atoms with Crippen LogP contribution in [-0.4, -0.2) is 23.7 Å². The summed E-state index contributed by atoms with van der Waals surface area (Å²) < 4.78 is 7.50. The second kappa shape index (κ2) is 5.46.